The first kappa shape index (κ1) is 11.7. The number of aliphatic hydroxyl groups excluding tert-OH is 1. The first-order valence-corrected chi connectivity index (χ1v) is 5.19. The van der Waals surface area contributed by atoms with Crippen molar-refractivity contribution in [2.75, 3.05) is 0 Å². The van der Waals surface area contributed by atoms with Gasteiger partial charge in [0.2, 0.25) is 0 Å². The highest BCUT2D eigenvalue weighted by molar-refractivity contribution is 5.94. The van der Waals surface area contributed by atoms with E-state index in [2.05, 4.69) is 5.32 Å². The Balaban J connectivity index is 2.63. The molecule has 0 saturated carbocycles. The predicted octanol–water partition coefficient (Wildman–Crippen LogP) is 1.58. The maximum Gasteiger partial charge on any atom is 0.251 e. The van der Waals surface area contributed by atoms with Crippen LogP contribution < -0.4 is 5.32 Å². The maximum atomic E-state index is 11.7. The van der Waals surface area contributed by atoms with Gasteiger partial charge in [-0.15, -0.1) is 0 Å². The Bertz CT molecular complexity index is 309. The van der Waals surface area contributed by atoms with Gasteiger partial charge >= 0.3 is 0 Å². The topological polar surface area (TPSA) is 49.3 Å². The summed E-state index contributed by atoms with van der Waals surface area (Å²) in [4.78, 5) is 11.7. The normalized spacial score (nSPS) is 14.3. The van der Waals surface area contributed by atoms with E-state index in [-0.39, 0.29) is 11.9 Å². The van der Waals surface area contributed by atoms with Gasteiger partial charge in [-0.25, -0.2) is 0 Å². The molecule has 3 heteroatoms. The van der Waals surface area contributed by atoms with Gasteiger partial charge < -0.3 is 10.4 Å². The van der Waals surface area contributed by atoms with Crippen LogP contribution in [-0.4, -0.2) is 23.2 Å². The molecule has 0 aliphatic heterocycles. The average molecular weight is 207 g/mol. The summed E-state index contributed by atoms with van der Waals surface area (Å²) in [5, 5.41) is 12.2. The van der Waals surface area contributed by atoms with Crippen molar-refractivity contribution in [2.24, 2.45) is 0 Å². The van der Waals surface area contributed by atoms with E-state index in [0.29, 0.717) is 5.56 Å². The zero-order valence-corrected chi connectivity index (χ0v) is 9.10. The molecule has 0 heterocycles. The van der Waals surface area contributed by atoms with E-state index in [1.807, 2.05) is 25.1 Å². The summed E-state index contributed by atoms with van der Waals surface area (Å²) in [6.45, 7) is 3.61. The Kier molecular flexibility index (Phi) is 4.31. The highest BCUT2D eigenvalue weighted by atomic mass is 16.3. The lowest BCUT2D eigenvalue weighted by atomic mass is 10.1. The maximum absolute atomic E-state index is 11.7. The van der Waals surface area contributed by atoms with Gasteiger partial charge in [0.25, 0.3) is 5.91 Å². The van der Waals surface area contributed by atoms with E-state index in [4.69, 9.17) is 0 Å². The first-order valence-electron chi connectivity index (χ1n) is 5.19. The summed E-state index contributed by atoms with van der Waals surface area (Å²) >= 11 is 0. The molecule has 0 saturated heterocycles. The summed E-state index contributed by atoms with van der Waals surface area (Å²) < 4.78 is 0. The molecule has 1 rings (SSSR count). The number of rotatable bonds is 4. The van der Waals surface area contributed by atoms with E-state index >= 15 is 0 Å². The van der Waals surface area contributed by atoms with Crippen LogP contribution in [0.5, 0.6) is 0 Å². The summed E-state index contributed by atoms with van der Waals surface area (Å²) in [6.07, 6.45) is 0.193. The lowest BCUT2D eigenvalue weighted by Crippen LogP contribution is -2.41. The monoisotopic (exact) mass is 207 g/mol. The molecule has 1 aromatic rings. The molecule has 3 nitrogen and oxygen atoms in total. The predicted molar refractivity (Wildman–Crippen MR) is 59.7 cm³/mol. The van der Waals surface area contributed by atoms with E-state index in [1.165, 1.54) is 0 Å². The standard InChI is InChI=1S/C12H17NO2/c1-3-11(9(2)14)13-12(15)10-7-5-4-6-8-10/h4-9,11,14H,3H2,1-2H3,(H,13,15)/t9-,11-/m1/s1. The third kappa shape index (κ3) is 3.36. The number of hydrogen-bond acceptors (Lipinski definition) is 2. The molecule has 1 amide bonds. The van der Waals surface area contributed by atoms with Crippen LogP contribution in [0.4, 0.5) is 0 Å². The quantitative estimate of drug-likeness (QED) is 0.787. The largest absolute Gasteiger partial charge is 0.391 e. The molecule has 82 valence electrons. The van der Waals surface area contributed by atoms with Gasteiger partial charge in [0.05, 0.1) is 12.1 Å². The Hall–Kier alpha value is -1.35. The number of nitrogens with one attached hydrogen (secondary N) is 1. The third-order valence-electron chi connectivity index (χ3n) is 2.37. The van der Waals surface area contributed by atoms with E-state index in [9.17, 15) is 9.90 Å². The molecule has 0 unspecified atom stereocenters. The van der Waals surface area contributed by atoms with Crippen LogP contribution in [0.1, 0.15) is 30.6 Å². The minimum Gasteiger partial charge on any atom is -0.391 e. The molecule has 1 aromatic carbocycles. The van der Waals surface area contributed by atoms with Gasteiger partial charge in [0.15, 0.2) is 0 Å². The number of aliphatic hydroxyl groups is 1. The molecular formula is C12H17NO2. The molecule has 2 atom stereocenters. The number of benzene rings is 1. The molecule has 0 radical (unpaired) electrons. The van der Waals surface area contributed by atoms with Gasteiger partial charge in [-0.2, -0.15) is 0 Å². The number of carbonyl (C=O) groups excluding carboxylic acids is 1. The van der Waals surface area contributed by atoms with Crippen LogP contribution >= 0.6 is 0 Å². The second-order valence-corrected chi connectivity index (χ2v) is 3.59. The van der Waals surface area contributed by atoms with Crippen LogP contribution in [0.3, 0.4) is 0 Å². The van der Waals surface area contributed by atoms with Gasteiger partial charge in [0.1, 0.15) is 0 Å². The molecule has 0 bridgehead atoms. The van der Waals surface area contributed by atoms with E-state index < -0.39 is 6.10 Å². The van der Waals surface area contributed by atoms with Crippen LogP contribution in [0, 0.1) is 0 Å². The van der Waals surface area contributed by atoms with Crippen LogP contribution in [0.2, 0.25) is 0 Å². The van der Waals surface area contributed by atoms with Crippen molar-refractivity contribution in [2.45, 2.75) is 32.4 Å². The Labute approximate surface area is 90.1 Å². The lowest BCUT2D eigenvalue weighted by molar-refractivity contribution is 0.0855. The lowest BCUT2D eigenvalue weighted by Gasteiger charge is -2.19. The summed E-state index contributed by atoms with van der Waals surface area (Å²) in [7, 11) is 0. The van der Waals surface area contributed by atoms with Crippen LogP contribution in [0.25, 0.3) is 0 Å². The summed E-state index contributed by atoms with van der Waals surface area (Å²) in [5.74, 6) is -0.136. The van der Waals surface area contributed by atoms with Crippen LogP contribution in [-0.2, 0) is 0 Å². The number of carbonyl (C=O) groups is 1. The highest BCUT2D eigenvalue weighted by Gasteiger charge is 2.15. The van der Waals surface area contributed by atoms with Crippen molar-refractivity contribution >= 4 is 5.91 Å². The van der Waals surface area contributed by atoms with Crippen LogP contribution in [0.15, 0.2) is 30.3 Å². The smallest absolute Gasteiger partial charge is 0.251 e. The van der Waals surface area contributed by atoms with Crippen molar-refractivity contribution in [1.29, 1.82) is 0 Å². The van der Waals surface area contributed by atoms with Gasteiger partial charge in [-0.05, 0) is 25.5 Å². The fourth-order valence-corrected chi connectivity index (χ4v) is 1.41. The second kappa shape index (κ2) is 5.51. The molecule has 2 N–H and O–H groups in total. The Morgan fingerprint density at radius 3 is 2.47 bits per heavy atom. The fourth-order valence-electron chi connectivity index (χ4n) is 1.41. The van der Waals surface area contributed by atoms with Gasteiger partial charge in [-0.1, -0.05) is 25.1 Å². The molecule has 15 heavy (non-hydrogen) atoms. The molecule has 0 spiro atoms. The zero-order valence-electron chi connectivity index (χ0n) is 9.10. The minimum atomic E-state index is -0.525. The van der Waals surface area contributed by atoms with Gasteiger partial charge in [-0.3, -0.25) is 4.79 Å². The molecule has 0 aliphatic rings. The SMILES string of the molecule is CC[C@@H](NC(=O)c1ccccc1)[C@@H](C)O. The molecular weight excluding hydrogens is 190 g/mol. The highest BCUT2D eigenvalue weighted by Crippen LogP contribution is 2.02. The second-order valence-electron chi connectivity index (χ2n) is 3.59. The Morgan fingerprint density at radius 2 is 2.00 bits per heavy atom. The minimum absolute atomic E-state index is 0.136. The van der Waals surface area contributed by atoms with E-state index in [1.54, 1.807) is 19.1 Å². The third-order valence-corrected chi connectivity index (χ3v) is 2.37. The van der Waals surface area contributed by atoms with E-state index in [0.717, 1.165) is 6.42 Å². The van der Waals surface area contributed by atoms with Crippen molar-refractivity contribution < 1.29 is 9.90 Å². The zero-order chi connectivity index (χ0) is 11.3. The summed E-state index contributed by atoms with van der Waals surface area (Å²) in [5.41, 5.74) is 0.622. The van der Waals surface area contributed by atoms with Crippen molar-refractivity contribution in [3.63, 3.8) is 0 Å². The van der Waals surface area contributed by atoms with Crippen molar-refractivity contribution in [3.8, 4) is 0 Å². The summed E-state index contributed by atoms with van der Waals surface area (Å²) in [6, 6.07) is 8.82. The average Bonchev–Trinajstić information content (AvgIpc) is 2.26. The number of hydrogen-bond donors (Lipinski definition) is 2. The van der Waals surface area contributed by atoms with Crippen molar-refractivity contribution in [1.82, 2.24) is 5.32 Å². The molecule has 0 fully saturated rings. The van der Waals surface area contributed by atoms with Gasteiger partial charge in [0, 0.05) is 5.56 Å². The molecule has 0 aliphatic carbocycles. The molecule has 0 aromatic heterocycles. The first-order chi connectivity index (χ1) is 7.15. The van der Waals surface area contributed by atoms with Crippen molar-refractivity contribution in [3.05, 3.63) is 35.9 Å². The Morgan fingerprint density at radius 1 is 1.40 bits per heavy atom. The fraction of sp³-hybridized carbons (Fsp3) is 0.417. The number of amides is 1.